The lowest BCUT2D eigenvalue weighted by molar-refractivity contribution is -0.110. The van der Waals surface area contributed by atoms with Crippen LogP contribution < -0.4 is 16.3 Å². The van der Waals surface area contributed by atoms with Gasteiger partial charge in [-0.2, -0.15) is 0 Å². The second-order valence-electron chi connectivity index (χ2n) is 9.39. The summed E-state index contributed by atoms with van der Waals surface area (Å²) in [4.78, 5) is 33.6. The third-order valence-corrected chi connectivity index (χ3v) is 7.00. The molecule has 2 amide bonds. The number of H-pyrrole nitrogens is 1. The van der Waals surface area contributed by atoms with Crippen molar-refractivity contribution in [1.29, 1.82) is 0 Å². The van der Waals surface area contributed by atoms with Gasteiger partial charge in [0, 0.05) is 115 Å². The molecule has 0 fully saturated rings. The summed E-state index contributed by atoms with van der Waals surface area (Å²) in [5.74, 6) is -0.726. The zero-order valence-corrected chi connectivity index (χ0v) is 21.8. The van der Waals surface area contributed by atoms with Gasteiger partial charge in [-0.25, -0.2) is 5.48 Å². The molecule has 3 rings (SSSR count). The molecular formula is C17H17B15N3O3. The van der Waals surface area contributed by atoms with Gasteiger partial charge in [-0.05, 0) is 31.6 Å². The van der Waals surface area contributed by atoms with Crippen molar-refractivity contribution in [2.75, 3.05) is 12.4 Å². The van der Waals surface area contributed by atoms with Crippen LogP contribution in [0.15, 0.2) is 24.3 Å². The van der Waals surface area contributed by atoms with Gasteiger partial charge in [0.1, 0.15) is 0 Å². The Balaban J connectivity index is 1.92. The number of aromatic nitrogens is 1. The third kappa shape index (κ3) is 6.46. The molecular weight excluding hydrogens is 456 g/mol. The molecule has 0 unspecified atom stereocenters. The second-order valence-corrected chi connectivity index (χ2v) is 9.39. The maximum atomic E-state index is 12.8. The molecule has 15 radical (unpaired) electrons. The van der Waals surface area contributed by atoms with Crippen LogP contribution in [0.1, 0.15) is 22.5 Å². The normalized spacial score (nSPS) is 12.7. The van der Waals surface area contributed by atoms with Gasteiger partial charge in [-0.3, -0.25) is 14.4 Å². The molecule has 6 nitrogen and oxygen atoms in total. The van der Waals surface area contributed by atoms with Crippen molar-refractivity contribution in [3.63, 3.8) is 0 Å². The molecule has 1 aliphatic heterocycles. The molecule has 1 aromatic heterocycles. The first-order valence-electron chi connectivity index (χ1n) is 12.2. The van der Waals surface area contributed by atoms with Gasteiger partial charge in [-0.15, -0.1) is 0 Å². The van der Waals surface area contributed by atoms with E-state index in [-0.39, 0.29) is 5.91 Å². The first-order chi connectivity index (χ1) is 18.0. The molecule has 1 aliphatic rings. The quantitative estimate of drug-likeness (QED) is 0.169. The highest BCUT2D eigenvalue weighted by molar-refractivity contribution is 8.11. The molecule has 3 N–H and O–H groups in total. The lowest BCUT2D eigenvalue weighted by Gasteiger charge is -2.36. The van der Waals surface area contributed by atoms with Crippen molar-refractivity contribution >= 4 is 141 Å². The zero-order chi connectivity index (χ0) is 28.1. The Kier molecular flexibility index (Phi) is 10.9. The van der Waals surface area contributed by atoms with Gasteiger partial charge >= 0.3 is 0 Å². The van der Waals surface area contributed by atoms with Crippen LogP contribution in [0.5, 0.6) is 0 Å². The van der Waals surface area contributed by atoms with E-state index < -0.39 is 44.2 Å². The molecule has 0 saturated carbocycles. The SMILES string of the molecule is [B][B]B([B])B(B(B([B])[B])B([B][B])B([B])[B]c1c(C)[nH]c(/C=C2\C(=O)Nc3ccccc32)c1C)C(=O)NOC. The van der Waals surface area contributed by atoms with Crippen molar-refractivity contribution in [3.05, 3.63) is 46.8 Å². The zero-order valence-electron chi connectivity index (χ0n) is 21.8. The fraction of sp³-hybridized carbons (Fsp3) is 0.176. The largest absolute Gasteiger partial charge is 0.359 e. The standard InChI is InChI=1S/C17H17B15N3O3/c1-9-14(8-12-11-6-4-5-7-13(11)34-16(12)36)33-10(2)15(9)24-29(22)31(26-19)32(28(20)21)27(30(23)25-18)17(37)35-38-3/h4-8,33H,1-3H3,(H,34,36)(H,35,37)/b12-8-. The number of nitrogens with one attached hydrogen (secondary N) is 3. The lowest BCUT2D eigenvalue weighted by Crippen LogP contribution is -2.77. The van der Waals surface area contributed by atoms with Crippen LogP contribution >= 0.6 is 0 Å². The number of hydroxylamine groups is 1. The number of fused-ring (bicyclic) bond motifs is 1. The predicted molar refractivity (Wildman–Crippen MR) is 175 cm³/mol. The lowest BCUT2D eigenvalue weighted by atomic mass is 8.48. The smallest absolute Gasteiger partial charge is 0.256 e. The van der Waals surface area contributed by atoms with Gasteiger partial charge < -0.3 is 10.3 Å². The fourth-order valence-electron chi connectivity index (χ4n) is 5.06. The predicted octanol–water partition coefficient (Wildman–Crippen LogP) is -3.61. The molecule has 2 aromatic rings. The third-order valence-electron chi connectivity index (χ3n) is 7.00. The summed E-state index contributed by atoms with van der Waals surface area (Å²) < 4.78 is 0. The van der Waals surface area contributed by atoms with Crippen LogP contribution in [0, 0.1) is 13.8 Å². The van der Waals surface area contributed by atoms with Gasteiger partial charge in [0.2, 0.25) is 0 Å². The van der Waals surface area contributed by atoms with E-state index >= 15 is 0 Å². The fourth-order valence-corrected chi connectivity index (χ4v) is 5.06. The van der Waals surface area contributed by atoms with Crippen LogP contribution in [0.25, 0.3) is 11.6 Å². The molecule has 2 heterocycles. The van der Waals surface area contributed by atoms with Crippen LogP contribution in [0.3, 0.4) is 0 Å². The van der Waals surface area contributed by atoms with E-state index in [1.54, 1.807) is 0 Å². The van der Waals surface area contributed by atoms with Gasteiger partial charge in [0.05, 0.1) is 19.9 Å². The average Bonchev–Trinajstić information content (AvgIpc) is 3.33. The molecule has 0 spiro atoms. The summed E-state index contributed by atoms with van der Waals surface area (Å²) in [6, 6.07) is 7.50. The Labute approximate surface area is 238 Å². The van der Waals surface area contributed by atoms with Crippen LogP contribution in [0.4, 0.5) is 10.5 Å². The Morgan fingerprint density at radius 3 is 2.37 bits per heavy atom. The molecule has 1 aromatic carbocycles. The summed E-state index contributed by atoms with van der Waals surface area (Å²) in [5, 5.41) is 2.87. The topological polar surface area (TPSA) is 83.2 Å². The molecule has 21 heteroatoms. The maximum Gasteiger partial charge on any atom is 0.256 e. The Hall–Kier alpha value is -1.89. The minimum absolute atomic E-state index is 0.175. The summed E-state index contributed by atoms with van der Waals surface area (Å²) in [7, 11) is 42.4. The maximum absolute atomic E-state index is 12.8. The van der Waals surface area contributed by atoms with E-state index in [9.17, 15) is 9.59 Å². The summed E-state index contributed by atoms with van der Waals surface area (Å²) in [6.07, 6.45) is -2.22. The molecule has 0 saturated heterocycles. The highest BCUT2D eigenvalue weighted by Crippen LogP contribution is 2.32. The van der Waals surface area contributed by atoms with Gasteiger partial charge in [-0.1, -0.05) is 23.7 Å². The van der Waals surface area contributed by atoms with E-state index in [1.165, 1.54) is 21.2 Å². The number of carbonyl (C=O) groups is 2. The summed E-state index contributed by atoms with van der Waals surface area (Å²) in [5.41, 5.74) is 7.75. The average molecular weight is 474 g/mol. The minimum Gasteiger partial charge on any atom is -0.359 e. The van der Waals surface area contributed by atoms with Crippen LogP contribution in [-0.4, -0.2) is 130 Å². The van der Waals surface area contributed by atoms with E-state index in [4.69, 9.17) is 51.3 Å². The number of benzene rings is 1. The number of aromatic amines is 1. The number of amides is 2. The molecule has 38 heavy (non-hydrogen) atoms. The number of carbonyl (C=O) groups excluding carboxylic acids is 2. The van der Waals surface area contributed by atoms with Crippen molar-refractivity contribution in [2.45, 2.75) is 13.8 Å². The number of para-hydroxylation sites is 1. The molecule has 0 aliphatic carbocycles. The Bertz CT molecular complexity index is 1190. The highest BCUT2D eigenvalue weighted by Gasteiger charge is 2.45. The first kappa shape index (κ1) is 30.7. The molecule has 0 bridgehead atoms. The van der Waals surface area contributed by atoms with Crippen molar-refractivity contribution < 1.29 is 14.4 Å². The Morgan fingerprint density at radius 2 is 1.76 bits per heavy atom. The number of hydrogen-bond acceptors (Lipinski definition) is 3. The van der Waals surface area contributed by atoms with Crippen molar-refractivity contribution in [2.24, 2.45) is 0 Å². The van der Waals surface area contributed by atoms with Crippen molar-refractivity contribution in [3.8, 4) is 0 Å². The van der Waals surface area contributed by atoms with Gasteiger partial charge in [0.15, 0.2) is 12.3 Å². The molecule has 163 valence electrons. The Morgan fingerprint density at radius 1 is 1.08 bits per heavy atom. The number of hydrogen-bond donors (Lipinski definition) is 3. The summed E-state index contributed by atoms with van der Waals surface area (Å²) >= 11 is 0. The highest BCUT2D eigenvalue weighted by atomic mass is 16.6. The van der Waals surface area contributed by atoms with Gasteiger partial charge in [0.25, 0.3) is 5.91 Å². The van der Waals surface area contributed by atoms with Crippen molar-refractivity contribution in [1.82, 2.24) is 10.5 Å². The number of rotatable bonds is 12. The van der Waals surface area contributed by atoms with E-state index in [0.717, 1.165) is 33.7 Å². The van der Waals surface area contributed by atoms with Crippen LogP contribution in [-0.2, 0) is 9.63 Å². The van der Waals surface area contributed by atoms with E-state index in [1.807, 2.05) is 51.4 Å². The minimum atomic E-state index is -1.01. The van der Waals surface area contributed by atoms with E-state index in [2.05, 4.69) is 15.8 Å². The number of anilines is 1. The molecule has 0 atom stereocenters. The summed E-state index contributed by atoms with van der Waals surface area (Å²) in [6.45, 7) is 2.85. The monoisotopic (exact) mass is 476 g/mol. The second kappa shape index (κ2) is 13.5. The number of aryl methyl sites for hydroxylation is 1. The van der Waals surface area contributed by atoms with Crippen LogP contribution in [0.2, 0.25) is 0 Å². The van der Waals surface area contributed by atoms with E-state index in [0.29, 0.717) is 5.57 Å². The first-order valence-corrected chi connectivity index (χ1v) is 12.2.